The maximum Gasteiger partial charge on any atom is 0.406 e. The van der Waals surface area contributed by atoms with E-state index in [0.29, 0.717) is 34.9 Å². The van der Waals surface area contributed by atoms with Crippen molar-refractivity contribution in [2.75, 3.05) is 13.1 Å². The Hall–Kier alpha value is -4.63. The summed E-state index contributed by atoms with van der Waals surface area (Å²) < 4.78 is 98.1. The first-order valence-corrected chi connectivity index (χ1v) is 13.8. The molecule has 45 heavy (non-hydrogen) atoms. The quantitative estimate of drug-likeness (QED) is 0.301. The van der Waals surface area contributed by atoms with Gasteiger partial charge in [0.05, 0.1) is 17.5 Å². The SMILES string of the molecule is C[C@@H]1[C@H](c2c(F)c(F)cc(F)c2F)C[C@H](NC(=O)c2cnc3c(c2)C[C@@]2(C3)C(=O)NC3=C2C=C(N)CN3)C(=O)N1CC(F)(F)F. The number of carbonyl (C=O) groups is 3. The molecular formula is C29H25F7N6O3. The first kappa shape index (κ1) is 30.4. The lowest BCUT2D eigenvalue weighted by molar-refractivity contribution is -0.170. The molecule has 0 bridgehead atoms. The molecule has 6 rings (SSSR count). The summed E-state index contributed by atoms with van der Waals surface area (Å²) in [6.07, 6.45) is -2.37. The Kier molecular flexibility index (Phi) is 7.08. The van der Waals surface area contributed by atoms with Crippen LogP contribution in [0.4, 0.5) is 30.7 Å². The molecule has 3 amide bonds. The minimum Gasteiger partial charge on any atom is -0.401 e. The Morgan fingerprint density at radius 1 is 1.13 bits per heavy atom. The maximum absolute atomic E-state index is 14.8. The molecule has 0 unspecified atom stereocenters. The molecule has 4 heterocycles. The van der Waals surface area contributed by atoms with Gasteiger partial charge in [0.1, 0.15) is 18.4 Å². The average molecular weight is 639 g/mol. The summed E-state index contributed by atoms with van der Waals surface area (Å²) in [4.78, 5) is 44.2. The Bertz CT molecular complexity index is 1700. The van der Waals surface area contributed by atoms with Crippen molar-refractivity contribution in [3.05, 3.63) is 87.1 Å². The molecule has 3 aliphatic heterocycles. The number of amides is 3. The van der Waals surface area contributed by atoms with E-state index in [4.69, 9.17) is 5.73 Å². The third-order valence-corrected chi connectivity index (χ3v) is 8.86. The van der Waals surface area contributed by atoms with E-state index in [0.717, 1.165) is 6.92 Å². The van der Waals surface area contributed by atoms with Crippen LogP contribution < -0.4 is 21.7 Å². The molecule has 1 aromatic carbocycles. The number of nitrogens with one attached hydrogen (secondary N) is 3. The number of aromatic nitrogens is 1. The number of dihydropyridines is 1. The summed E-state index contributed by atoms with van der Waals surface area (Å²) in [5, 5.41) is 8.15. The number of carbonyl (C=O) groups excluding carboxylic acids is 3. The molecule has 1 saturated heterocycles. The number of alkyl halides is 3. The Labute approximate surface area is 250 Å². The lowest BCUT2D eigenvalue weighted by atomic mass is 9.77. The van der Waals surface area contributed by atoms with Crippen LogP contribution in [0.15, 0.2) is 41.5 Å². The predicted molar refractivity (Wildman–Crippen MR) is 142 cm³/mol. The first-order valence-electron chi connectivity index (χ1n) is 13.8. The van der Waals surface area contributed by atoms with Crippen LogP contribution in [0.5, 0.6) is 0 Å². The number of rotatable bonds is 4. The van der Waals surface area contributed by atoms with Gasteiger partial charge in [-0.05, 0) is 37.5 Å². The number of likely N-dealkylation sites (tertiary alicyclic amines) is 1. The molecule has 9 nitrogen and oxygen atoms in total. The molecule has 1 aliphatic carbocycles. The van der Waals surface area contributed by atoms with Gasteiger partial charge in [-0.1, -0.05) is 0 Å². The molecule has 1 aromatic heterocycles. The highest BCUT2D eigenvalue weighted by atomic mass is 19.4. The zero-order valence-corrected chi connectivity index (χ0v) is 23.4. The molecule has 1 spiro atoms. The number of pyridine rings is 1. The second-order valence-corrected chi connectivity index (χ2v) is 11.7. The van der Waals surface area contributed by atoms with E-state index in [1.165, 1.54) is 12.3 Å². The van der Waals surface area contributed by atoms with Crippen molar-refractivity contribution >= 4 is 17.7 Å². The number of allylic oxidation sites excluding steroid dienone is 1. The number of hydrogen-bond donors (Lipinski definition) is 4. The highest BCUT2D eigenvalue weighted by Crippen LogP contribution is 2.47. The number of nitrogens with two attached hydrogens (primary N) is 1. The van der Waals surface area contributed by atoms with Gasteiger partial charge in [0.2, 0.25) is 11.8 Å². The first-order chi connectivity index (χ1) is 21.1. The maximum atomic E-state index is 14.8. The van der Waals surface area contributed by atoms with Crippen LogP contribution >= 0.6 is 0 Å². The van der Waals surface area contributed by atoms with Gasteiger partial charge in [0.25, 0.3) is 5.91 Å². The van der Waals surface area contributed by atoms with Gasteiger partial charge in [-0.25, -0.2) is 17.6 Å². The summed E-state index contributed by atoms with van der Waals surface area (Å²) in [6, 6.07) is -1.90. The fraction of sp³-hybridized carbons (Fsp3) is 0.379. The minimum absolute atomic E-state index is 0.0346. The number of hydrogen-bond acceptors (Lipinski definition) is 6. The summed E-state index contributed by atoms with van der Waals surface area (Å²) in [5.74, 6) is -10.7. The number of nitrogens with zero attached hydrogens (tertiary/aromatic N) is 2. The fourth-order valence-corrected chi connectivity index (χ4v) is 6.66. The van der Waals surface area contributed by atoms with Crippen LogP contribution in [-0.2, 0) is 22.4 Å². The van der Waals surface area contributed by atoms with Crippen LogP contribution in [0.25, 0.3) is 0 Å². The Morgan fingerprint density at radius 2 is 1.82 bits per heavy atom. The summed E-state index contributed by atoms with van der Waals surface area (Å²) >= 11 is 0. The summed E-state index contributed by atoms with van der Waals surface area (Å²) in [7, 11) is 0. The van der Waals surface area contributed by atoms with Gasteiger partial charge in [-0.2, -0.15) is 13.2 Å². The van der Waals surface area contributed by atoms with E-state index in [1.54, 1.807) is 6.08 Å². The summed E-state index contributed by atoms with van der Waals surface area (Å²) in [5.41, 5.74) is 5.87. The standard InChI is InChI=1S/C29H25F7N6O3/c1-11-15(21-22(32)17(30)5-18(31)23(21)33)4-19(26(44)42(11)10-29(34,35)36)40-25(43)13-2-12-6-28(7-20(12)38-8-13)16-3-14(37)9-39-24(16)41-27(28)45/h2-3,5,8,11,15,19,39H,4,6-7,9-10,37H2,1H3,(H,40,43)(H,41,45)/t11-,15-,19+,28+/m1/s1. The highest BCUT2D eigenvalue weighted by Gasteiger charge is 2.53. The molecule has 0 radical (unpaired) electrons. The minimum atomic E-state index is -4.94. The second kappa shape index (κ2) is 10.5. The van der Waals surface area contributed by atoms with Crippen LogP contribution in [0.1, 0.15) is 46.4 Å². The number of halogens is 7. The normalized spacial score (nSPS) is 26.0. The van der Waals surface area contributed by atoms with E-state index in [1.807, 2.05) is 0 Å². The molecule has 5 N–H and O–H groups in total. The molecule has 16 heteroatoms. The molecule has 2 aromatic rings. The lowest BCUT2D eigenvalue weighted by Crippen LogP contribution is -2.60. The number of benzene rings is 1. The van der Waals surface area contributed by atoms with Gasteiger partial charge < -0.3 is 26.6 Å². The highest BCUT2D eigenvalue weighted by molar-refractivity contribution is 5.98. The molecule has 0 saturated carbocycles. The van der Waals surface area contributed by atoms with Gasteiger partial charge in [0, 0.05) is 53.2 Å². The lowest BCUT2D eigenvalue weighted by Gasteiger charge is -2.43. The van der Waals surface area contributed by atoms with Crippen LogP contribution in [0.3, 0.4) is 0 Å². The molecule has 1 fully saturated rings. The number of fused-ring (bicyclic) bond motifs is 2. The smallest absolute Gasteiger partial charge is 0.401 e. The van der Waals surface area contributed by atoms with E-state index in [2.05, 4.69) is 20.9 Å². The molecule has 4 atom stereocenters. The topological polar surface area (TPSA) is 129 Å². The van der Waals surface area contributed by atoms with Crippen molar-refractivity contribution in [1.82, 2.24) is 25.8 Å². The second-order valence-electron chi connectivity index (χ2n) is 11.7. The van der Waals surface area contributed by atoms with E-state index in [-0.39, 0.29) is 35.3 Å². The van der Waals surface area contributed by atoms with Crippen molar-refractivity contribution < 1.29 is 45.1 Å². The van der Waals surface area contributed by atoms with Gasteiger partial charge in [-0.3, -0.25) is 19.4 Å². The summed E-state index contributed by atoms with van der Waals surface area (Å²) in [6.45, 7) is -0.426. The average Bonchev–Trinajstić information content (AvgIpc) is 3.48. The largest absolute Gasteiger partial charge is 0.406 e. The van der Waals surface area contributed by atoms with Crippen LogP contribution in [0.2, 0.25) is 0 Å². The van der Waals surface area contributed by atoms with Gasteiger partial charge in [-0.15, -0.1) is 0 Å². The third-order valence-electron chi connectivity index (χ3n) is 8.86. The third kappa shape index (κ3) is 5.05. The van der Waals surface area contributed by atoms with Gasteiger partial charge in [0.15, 0.2) is 23.3 Å². The van der Waals surface area contributed by atoms with E-state index in [9.17, 15) is 45.1 Å². The zero-order chi connectivity index (χ0) is 32.6. The zero-order valence-electron chi connectivity index (χ0n) is 23.4. The van der Waals surface area contributed by atoms with Crippen molar-refractivity contribution in [2.24, 2.45) is 11.1 Å². The molecule has 238 valence electrons. The fourth-order valence-electron chi connectivity index (χ4n) is 6.66. The molecule has 4 aliphatic rings. The van der Waals surface area contributed by atoms with Crippen molar-refractivity contribution in [1.29, 1.82) is 0 Å². The van der Waals surface area contributed by atoms with Gasteiger partial charge >= 0.3 is 6.18 Å². The van der Waals surface area contributed by atoms with E-state index < -0.39 is 83.2 Å². The Balaban J connectivity index is 1.29. The molecular weight excluding hydrogens is 613 g/mol. The van der Waals surface area contributed by atoms with Crippen LogP contribution in [0, 0.1) is 28.7 Å². The predicted octanol–water partition coefficient (Wildman–Crippen LogP) is 2.58. The number of piperidine rings is 1. The monoisotopic (exact) mass is 638 g/mol. The van der Waals surface area contributed by atoms with Crippen molar-refractivity contribution in [2.45, 2.75) is 50.4 Å². The van der Waals surface area contributed by atoms with Crippen molar-refractivity contribution in [3.63, 3.8) is 0 Å². The van der Waals surface area contributed by atoms with E-state index >= 15 is 0 Å². The van der Waals surface area contributed by atoms with Crippen LogP contribution in [-0.4, -0.2) is 59.0 Å². The Morgan fingerprint density at radius 3 is 2.49 bits per heavy atom. The van der Waals surface area contributed by atoms with Crippen molar-refractivity contribution in [3.8, 4) is 0 Å².